The molecule has 0 fully saturated rings. The van der Waals surface area contributed by atoms with Gasteiger partial charge in [-0.15, -0.1) is 0 Å². The van der Waals surface area contributed by atoms with Crippen molar-refractivity contribution in [2.45, 2.75) is 26.8 Å². The minimum Gasteiger partial charge on any atom is -0.478 e. The van der Waals surface area contributed by atoms with Crippen LogP contribution in [0.15, 0.2) is 35.7 Å². The molecule has 0 saturated heterocycles. The lowest BCUT2D eigenvalue weighted by Crippen LogP contribution is -2.28. The van der Waals surface area contributed by atoms with E-state index in [0.29, 0.717) is 0 Å². The minimum absolute atomic E-state index is 0.0471. The lowest BCUT2D eigenvalue weighted by Gasteiger charge is -2.14. The minimum atomic E-state index is -1.09. The molecule has 1 atom stereocenters. The SMILES string of the molecule is CC(C(=O)O)=C(C)C(=O)NC(C)c1cccnc1. The van der Waals surface area contributed by atoms with Gasteiger partial charge in [0.2, 0.25) is 5.91 Å². The quantitative estimate of drug-likeness (QED) is 0.794. The Labute approximate surface area is 106 Å². The first-order valence-corrected chi connectivity index (χ1v) is 5.55. The molecule has 0 saturated carbocycles. The molecule has 0 aliphatic heterocycles. The number of nitrogens with one attached hydrogen (secondary N) is 1. The van der Waals surface area contributed by atoms with Crippen molar-refractivity contribution in [3.63, 3.8) is 0 Å². The first-order valence-electron chi connectivity index (χ1n) is 5.55. The molecule has 0 aliphatic carbocycles. The Bertz CT molecular complexity index is 480. The molecule has 1 heterocycles. The molecule has 0 aromatic carbocycles. The molecular weight excluding hydrogens is 232 g/mol. The summed E-state index contributed by atoms with van der Waals surface area (Å²) in [4.78, 5) is 26.5. The van der Waals surface area contributed by atoms with Gasteiger partial charge in [0.1, 0.15) is 0 Å². The lowest BCUT2D eigenvalue weighted by atomic mass is 10.1. The van der Waals surface area contributed by atoms with E-state index in [1.54, 1.807) is 18.5 Å². The summed E-state index contributed by atoms with van der Waals surface area (Å²) in [5.74, 6) is -1.47. The van der Waals surface area contributed by atoms with E-state index in [-0.39, 0.29) is 23.1 Å². The van der Waals surface area contributed by atoms with Crippen molar-refractivity contribution in [1.29, 1.82) is 0 Å². The zero-order chi connectivity index (χ0) is 13.7. The molecule has 0 aliphatic rings. The van der Waals surface area contributed by atoms with Gasteiger partial charge in [0.15, 0.2) is 0 Å². The smallest absolute Gasteiger partial charge is 0.331 e. The molecule has 1 aromatic rings. The number of carbonyl (C=O) groups is 2. The zero-order valence-electron chi connectivity index (χ0n) is 10.6. The van der Waals surface area contributed by atoms with E-state index in [1.807, 2.05) is 13.0 Å². The molecule has 5 nitrogen and oxygen atoms in total. The maximum atomic E-state index is 11.8. The monoisotopic (exact) mass is 248 g/mol. The standard InChI is InChI=1S/C13H16N2O3/c1-8(9(2)13(17)18)12(16)15-10(3)11-5-4-6-14-7-11/h4-7,10H,1-3H3,(H,15,16)(H,17,18). The van der Waals surface area contributed by atoms with Crippen molar-refractivity contribution in [2.24, 2.45) is 0 Å². The van der Waals surface area contributed by atoms with Crippen LogP contribution >= 0.6 is 0 Å². The van der Waals surface area contributed by atoms with Gasteiger partial charge in [-0.1, -0.05) is 6.07 Å². The fourth-order valence-corrected chi connectivity index (χ4v) is 1.35. The number of rotatable bonds is 4. The summed E-state index contributed by atoms with van der Waals surface area (Å²) in [5, 5.41) is 11.5. The number of amides is 1. The third-order valence-corrected chi connectivity index (χ3v) is 2.76. The Kier molecular flexibility index (Phi) is 4.59. The number of carbonyl (C=O) groups excluding carboxylic acids is 1. The van der Waals surface area contributed by atoms with Crippen LogP contribution in [-0.2, 0) is 9.59 Å². The maximum absolute atomic E-state index is 11.8. The average Bonchev–Trinajstić information content (AvgIpc) is 2.37. The Morgan fingerprint density at radius 2 is 2.00 bits per heavy atom. The molecule has 96 valence electrons. The first-order chi connectivity index (χ1) is 8.43. The summed E-state index contributed by atoms with van der Waals surface area (Å²) in [6.45, 7) is 4.72. The van der Waals surface area contributed by atoms with Crippen LogP contribution in [0.2, 0.25) is 0 Å². The van der Waals surface area contributed by atoms with Gasteiger partial charge in [0, 0.05) is 23.5 Å². The van der Waals surface area contributed by atoms with Gasteiger partial charge in [-0.3, -0.25) is 9.78 Å². The number of carboxylic acid groups (broad SMARTS) is 1. The van der Waals surface area contributed by atoms with Crippen LogP contribution in [0.5, 0.6) is 0 Å². The van der Waals surface area contributed by atoms with Crippen molar-refractivity contribution in [3.8, 4) is 0 Å². The Morgan fingerprint density at radius 1 is 1.33 bits per heavy atom. The van der Waals surface area contributed by atoms with E-state index < -0.39 is 5.97 Å². The average molecular weight is 248 g/mol. The fraction of sp³-hybridized carbons (Fsp3) is 0.308. The number of hydrogen-bond acceptors (Lipinski definition) is 3. The summed E-state index contributed by atoms with van der Waals surface area (Å²) in [6, 6.07) is 3.41. The summed E-state index contributed by atoms with van der Waals surface area (Å²) in [6.07, 6.45) is 3.31. The summed E-state index contributed by atoms with van der Waals surface area (Å²) in [5.41, 5.74) is 1.12. The topological polar surface area (TPSA) is 79.3 Å². The highest BCUT2D eigenvalue weighted by Gasteiger charge is 2.15. The van der Waals surface area contributed by atoms with Crippen LogP contribution in [0.4, 0.5) is 0 Å². The van der Waals surface area contributed by atoms with Crippen LogP contribution in [0.3, 0.4) is 0 Å². The Balaban J connectivity index is 2.78. The van der Waals surface area contributed by atoms with Gasteiger partial charge in [-0.2, -0.15) is 0 Å². The first kappa shape index (κ1) is 13.9. The summed E-state index contributed by atoms with van der Waals surface area (Å²) >= 11 is 0. The molecule has 1 rings (SSSR count). The van der Waals surface area contributed by atoms with E-state index in [1.165, 1.54) is 13.8 Å². The molecule has 0 bridgehead atoms. The summed E-state index contributed by atoms with van der Waals surface area (Å²) in [7, 11) is 0. The number of pyridine rings is 1. The van der Waals surface area contributed by atoms with Gasteiger partial charge in [-0.05, 0) is 32.4 Å². The molecule has 18 heavy (non-hydrogen) atoms. The molecule has 0 radical (unpaired) electrons. The molecule has 2 N–H and O–H groups in total. The van der Waals surface area contributed by atoms with E-state index in [9.17, 15) is 9.59 Å². The number of nitrogens with zero attached hydrogens (tertiary/aromatic N) is 1. The second-order valence-corrected chi connectivity index (χ2v) is 4.04. The van der Waals surface area contributed by atoms with Gasteiger partial charge >= 0.3 is 5.97 Å². The van der Waals surface area contributed by atoms with E-state index >= 15 is 0 Å². The number of hydrogen-bond donors (Lipinski definition) is 2. The van der Waals surface area contributed by atoms with E-state index in [0.717, 1.165) is 5.56 Å². The molecule has 1 amide bonds. The van der Waals surface area contributed by atoms with Crippen molar-refractivity contribution in [1.82, 2.24) is 10.3 Å². The van der Waals surface area contributed by atoms with E-state index in [4.69, 9.17) is 5.11 Å². The second-order valence-electron chi connectivity index (χ2n) is 4.04. The van der Waals surface area contributed by atoms with Gasteiger partial charge in [0.25, 0.3) is 0 Å². The highest BCUT2D eigenvalue weighted by Crippen LogP contribution is 2.12. The third kappa shape index (κ3) is 3.41. The van der Waals surface area contributed by atoms with Crippen LogP contribution in [0, 0.1) is 0 Å². The summed E-state index contributed by atoms with van der Waals surface area (Å²) < 4.78 is 0. The molecule has 1 unspecified atom stereocenters. The lowest BCUT2D eigenvalue weighted by molar-refractivity contribution is -0.133. The third-order valence-electron chi connectivity index (χ3n) is 2.76. The molecule has 1 aromatic heterocycles. The Hall–Kier alpha value is -2.17. The van der Waals surface area contributed by atoms with Crippen LogP contribution in [0.1, 0.15) is 32.4 Å². The highest BCUT2D eigenvalue weighted by atomic mass is 16.4. The number of carboxylic acids is 1. The zero-order valence-corrected chi connectivity index (χ0v) is 10.6. The Morgan fingerprint density at radius 3 is 2.50 bits per heavy atom. The van der Waals surface area contributed by atoms with Crippen LogP contribution in [-0.4, -0.2) is 22.0 Å². The van der Waals surface area contributed by atoms with Crippen molar-refractivity contribution in [3.05, 3.63) is 41.2 Å². The molecular formula is C13H16N2O3. The van der Waals surface area contributed by atoms with Crippen molar-refractivity contribution >= 4 is 11.9 Å². The largest absolute Gasteiger partial charge is 0.478 e. The number of aliphatic carboxylic acids is 1. The molecule has 5 heteroatoms. The second kappa shape index (κ2) is 5.95. The highest BCUT2D eigenvalue weighted by molar-refractivity contribution is 6.01. The maximum Gasteiger partial charge on any atom is 0.331 e. The fourth-order valence-electron chi connectivity index (χ4n) is 1.35. The van der Waals surface area contributed by atoms with Gasteiger partial charge < -0.3 is 10.4 Å². The van der Waals surface area contributed by atoms with Crippen LogP contribution < -0.4 is 5.32 Å². The van der Waals surface area contributed by atoms with E-state index in [2.05, 4.69) is 10.3 Å². The number of aromatic nitrogens is 1. The van der Waals surface area contributed by atoms with Gasteiger partial charge in [-0.25, -0.2) is 4.79 Å². The van der Waals surface area contributed by atoms with Crippen LogP contribution in [0.25, 0.3) is 0 Å². The molecule has 0 spiro atoms. The predicted molar refractivity (Wildman–Crippen MR) is 66.8 cm³/mol. The predicted octanol–water partition coefficient (Wildman–Crippen LogP) is 1.68. The van der Waals surface area contributed by atoms with Crippen molar-refractivity contribution < 1.29 is 14.7 Å². The van der Waals surface area contributed by atoms with Gasteiger partial charge in [0.05, 0.1) is 6.04 Å². The normalized spacial score (nSPS) is 13.5. The van der Waals surface area contributed by atoms with Crippen molar-refractivity contribution in [2.75, 3.05) is 0 Å².